The van der Waals surface area contributed by atoms with E-state index in [1.165, 1.54) is 6.07 Å². The second-order valence-electron chi connectivity index (χ2n) is 3.30. The zero-order chi connectivity index (χ0) is 11.4. The number of carboxylic acid groups (broad SMARTS) is 1. The van der Waals surface area contributed by atoms with Gasteiger partial charge in [0.25, 0.3) is 0 Å². The number of hydrogen-bond donors (Lipinski definition) is 1. The Morgan fingerprint density at radius 3 is 2.60 bits per heavy atom. The van der Waals surface area contributed by atoms with Crippen LogP contribution in [0, 0.1) is 6.92 Å². The van der Waals surface area contributed by atoms with Gasteiger partial charge in [0.2, 0.25) is 0 Å². The molecule has 80 valence electrons. The second-order valence-corrected chi connectivity index (χ2v) is 3.57. The van der Waals surface area contributed by atoms with Crippen LogP contribution in [0.2, 0.25) is 0 Å². The summed E-state index contributed by atoms with van der Waals surface area (Å²) in [4.78, 5) is 21.9. The molecule has 1 rings (SSSR count). The first-order chi connectivity index (χ1) is 7.04. The van der Waals surface area contributed by atoms with Gasteiger partial charge in [-0.25, -0.2) is 4.79 Å². The number of rotatable bonds is 4. The summed E-state index contributed by atoms with van der Waals surface area (Å²) in [7, 11) is 0. The minimum atomic E-state index is -0.979. The van der Waals surface area contributed by atoms with Crippen LogP contribution in [0.5, 0.6) is 0 Å². The summed E-state index contributed by atoms with van der Waals surface area (Å²) in [6, 6.07) is 4.95. The van der Waals surface area contributed by atoms with Crippen LogP contribution in [0.1, 0.15) is 21.5 Å². The summed E-state index contributed by atoms with van der Waals surface area (Å²) >= 11 is 5.37. The predicted molar refractivity (Wildman–Crippen MR) is 57.6 cm³/mol. The maximum atomic E-state index is 11.1. The molecule has 0 aliphatic rings. The van der Waals surface area contributed by atoms with Crippen molar-refractivity contribution in [2.24, 2.45) is 0 Å². The lowest BCUT2D eigenvalue weighted by Gasteiger charge is -2.04. The molecule has 1 N–H and O–H groups in total. The number of carbonyl (C=O) groups is 2. The summed E-state index contributed by atoms with van der Waals surface area (Å²) in [5, 5.41) is 8.87. The van der Waals surface area contributed by atoms with Crippen molar-refractivity contribution < 1.29 is 14.7 Å². The fraction of sp³-hybridized carbons (Fsp3) is 0.273. The number of benzene rings is 1. The van der Waals surface area contributed by atoms with E-state index < -0.39 is 5.97 Å². The third kappa shape index (κ3) is 3.06. The number of hydrogen-bond acceptors (Lipinski definition) is 2. The van der Waals surface area contributed by atoms with Gasteiger partial charge in [0.1, 0.15) is 0 Å². The van der Waals surface area contributed by atoms with E-state index in [1.54, 1.807) is 19.1 Å². The molecule has 0 aromatic heterocycles. The maximum Gasteiger partial charge on any atom is 0.335 e. The number of Topliss-reactive ketones (excluding diaryl/α,β-unsaturated/α-hetero) is 1. The SMILES string of the molecule is Cc1ccc(CC(=O)CCl)cc1C(=O)O. The van der Waals surface area contributed by atoms with Gasteiger partial charge < -0.3 is 5.11 Å². The van der Waals surface area contributed by atoms with Crippen LogP contribution >= 0.6 is 11.6 Å². The lowest BCUT2D eigenvalue weighted by molar-refractivity contribution is -0.116. The van der Waals surface area contributed by atoms with Gasteiger partial charge in [-0.15, -0.1) is 11.6 Å². The zero-order valence-electron chi connectivity index (χ0n) is 8.29. The van der Waals surface area contributed by atoms with Gasteiger partial charge in [-0.3, -0.25) is 4.79 Å². The lowest BCUT2D eigenvalue weighted by Crippen LogP contribution is -2.06. The fourth-order valence-corrected chi connectivity index (χ4v) is 1.38. The summed E-state index contributed by atoms with van der Waals surface area (Å²) < 4.78 is 0. The minimum absolute atomic E-state index is 0.0454. The van der Waals surface area contributed by atoms with Gasteiger partial charge in [0, 0.05) is 6.42 Å². The Hall–Kier alpha value is -1.35. The third-order valence-corrected chi connectivity index (χ3v) is 2.38. The molecular weight excluding hydrogens is 216 g/mol. The van der Waals surface area contributed by atoms with Crippen LogP contribution < -0.4 is 0 Å². The lowest BCUT2D eigenvalue weighted by atomic mass is 10.0. The first kappa shape index (κ1) is 11.7. The molecule has 0 aliphatic heterocycles. The fourth-order valence-electron chi connectivity index (χ4n) is 1.28. The van der Waals surface area contributed by atoms with Crippen molar-refractivity contribution in [1.29, 1.82) is 0 Å². The van der Waals surface area contributed by atoms with Crippen LogP contribution in [0.25, 0.3) is 0 Å². The quantitative estimate of drug-likeness (QED) is 0.800. The van der Waals surface area contributed by atoms with E-state index in [2.05, 4.69) is 0 Å². The molecule has 0 fully saturated rings. The average Bonchev–Trinajstić information content (AvgIpc) is 2.20. The molecule has 1 aromatic rings. The standard InChI is InChI=1S/C11H11ClO3/c1-7-2-3-8(4-9(13)6-12)5-10(7)11(14)15/h2-3,5H,4,6H2,1H3,(H,14,15). The molecular formula is C11H11ClO3. The highest BCUT2D eigenvalue weighted by Gasteiger charge is 2.09. The van der Waals surface area contributed by atoms with E-state index in [0.717, 1.165) is 0 Å². The summed E-state index contributed by atoms with van der Waals surface area (Å²) in [5.41, 5.74) is 1.60. The molecule has 0 spiro atoms. The monoisotopic (exact) mass is 226 g/mol. The van der Waals surface area contributed by atoms with E-state index in [0.29, 0.717) is 11.1 Å². The van der Waals surface area contributed by atoms with E-state index in [-0.39, 0.29) is 23.6 Å². The van der Waals surface area contributed by atoms with E-state index in [9.17, 15) is 9.59 Å². The van der Waals surface area contributed by atoms with Crippen molar-refractivity contribution in [2.45, 2.75) is 13.3 Å². The second kappa shape index (κ2) is 4.94. The Morgan fingerprint density at radius 2 is 2.07 bits per heavy atom. The largest absolute Gasteiger partial charge is 0.478 e. The Morgan fingerprint density at radius 1 is 1.40 bits per heavy atom. The highest BCUT2D eigenvalue weighted by molar-refractivity contribution is 6.27. The molecule has 0 bridgehead atoms. The van der Waals surface area contributed by atoms with Crippen molar-refractivity contribution in [3.05, 3.63) is 34.9 Å². The Labute approximate surface area is 92.7 Å². The minimum Gasteiger partial charge on any atom is -0.478 e. The van der Waals surface area contributed by atoms with Gasteiger partial charge in [0.05, 0.1) is 11.4 Å². The Kier molecular flexibility index (Phi) is 3.86. The number of aromatic carboxylic acids is 1. The number of halogens is 1. The molecule has 0 amide bonds. The van der Waals surface area contributed by atoms with Gasteiger partial charge in [-0.2, -0.15) is 0 Å². The van der Waals surface area contributed by atoms with Crippen LogP contribution in [-0.4, -0.2) is 22.7 Å². The molecule has 1 aromatic carbocycles. The molecule has 0 atom stereocenters. The number of aryl methyl sites for hydroxylation is 1. The number of ketones is 1. The number of alkyl halides is 1. The van der Waals surface area contributed by atoms with Crippen molar-refractivity contribution in [3.63, 3.8) is 0 Å². The van der Waals surface area contributed by atoms with Crippen molar-refractivity contribution in [1.82, 2.24) is 0 Å². The summed E-state index contributed by atoms with van der Waals surface area (Å²) in [6.07, 6.45) is 0.185. The third-order valence-electron chi connectivity index (χ3n) is 2.08. The molecule has 0 radical (unpaired) electrons. The Bertz CT molecular complexity index is 399. The average molecular weight is 227 g/mol. The number of carboxylic acids is 1. The highest BCUT2D eigenvalue weighted by atomic mass is 35.5. The highest BCUT2D eigenvalue weighted by Crippen LogP contribution is 2.12. The van der Waals surface area contributed by atoms with Gasteiger partial charge in [-0.1, -0.05) is 12.1 Å². The van der Waals surface area contributed by atoms with Crippen molar-refractivity contribution >= 4 is 23.4 Å². The van der Waals surface area contributed by atoms with Crippen LogP contribution in [0.15, 0.2) is 18.2 Å². The smallest absolute Gasteiger partial charge is 0.335 e. The molecule has 0 saturated carbocycles. The maximum absolute atomic E-state index is 11.1. The van der Waals surface area contributed by atoms with E-state index in [1.807, 2.05) is 0 Å². The predicted octanol–water partition coefficient (Wildman–Crippen LogP) is 2.04. The first-order valence-corrected chi connectivity index (χ1v) is 4.98. The first-order valence-electron chi connectivity index (χ1n) is 4.45. The van der Waals surface area contributed by atoms with Gasteiger partial charge >= 0.3 is 5.97 Å². The van der Waals surface area contributed by atoms with Crippen molar-refractivity contribution in [2.75, 3.05) is 5.88 Å². The topological polar surface area (TPSA) is 54.4 Å². The normalized spacial score (nSPS) is 10.0. The van der Waals surface area contributed by atoms with E-state index in [4.69, 9.17) is 16.7 Å². The van der Waals surface area contributed by atoms with Gasteiger partial charge in [-0.05, 0) is 24.1 Å². The van der Waals surface area contributed by atoms with Crippen molar-refractivity contribution in [3.8, 4) is 0 Å². The van der Waals surface area contributed by atoms with Gasteiger partial charge in [0.15, 0.2) is 5.78 Å². The van der Waals surface area contributed by atoms with E-state index >= 15 is 0 Å². The molecule has 0 aliphatic carbocycles. The van der Waals surface area contributed by atoms with Crippen LogP contribution in [-0.2, 0) is 11.2 Å². The molecule has 3 nitrogen and oxygen atoms in total. The molecule has 0 unspecified atom stereocenters. The molecule has 4 heteroatoms. The summed E-state index contributed by atoms with van der Waals surface area (Å²) in [5.74, 6) is -1.14. The van der Waals surface area contributed by atoms with Crippen LogP contribution in [0.3, 0.4) is 0 Å². The summed E-state index contributed by atoms with van der Waals surface area (Å²) in [6.45, 7) is 1.72. The number of carbonyl (C=O) groups excluding carboxylic acids is 1. The molecule has 0 heterocycles. The zero-order valence-corrected chi connectivity index (χ0v) is 9.04. The molecule has 0 saturated heterocycles. The van der Waals surface area contributed by atoms with Crippen LogP contribution in [0.4, 0.5) is 0 Å². The molecule has 15 heavy (non-hydrogen) atoms. The Balaban J connectivity index is 2.97.